The monoisotopic (exact) mass is 289 g/mol. The second-order valence-corrected chi connectivity index (χ2v) is 6.45. The van der Waals surface area contributed by atoms with Crippen LogP contribution in [0.3, 0.4) is 0 Å². The van der Waals surface area contributed by atoms with E-state index in [1.165, 1.54) is 11.3 Å². The third-order valence-electron chi connectivity index (χ3n) is 3.42. The maximum absolute atomic E-state index is 12.1. The van der Waals surface area contributed by atoms with Crippen LogP contribution in [0.1, 0.15) is 48.1 Å². The van der Waals surface area contributed by atoms with Gasteiger partial charge in [-0.15, -0.1) is 10.2 Å². The van der Waals surface area contributed by atoms with Gasteiger partial charge in [0.25, 0.3) is 5.91 Å². The molecule has 0 unspecified atom stereocenters. The van der Waals surface area contributed by atoms with Crippen molar-refractivity contribution >= 4 is 22.4 Å². The highest BCUT2D eigenvalue weighted by atomic mass is 32.1. The van der Waals surface area contributed by atoms with Crippen LogP contribution in [0.25, 0.3) is 0 Å². The molecule has 0 fully saturated rings. The van der Waals surface area contributed by atoms with E-state index in [0.29, 0.717) is 10.7 Å². The second-order valence-electron chi connectivity index (χ2n) is 5.47. The van der Waals surface area contributed by atoms with Gasteiger partial charge in [-0.3, -0.25) is 10.1 Å². The Labute approximate surface area is 123 Å². The molecule has 0 radical (unpaired) electrons. The van der Waals surface area contributed by atoms with Crippen LogP contribution in [0, 0.1) is 6.92 Å². The lowest BCUT2D eigenvalue weighted by Gasteiger charge is -2.17. The topological polar surface area (TPSA) is 54.9 Å². The molecule has 2 aromatic rings. The van der Waals surface area contributed by atoms with E-state index in [9.17, 15) is 4.79 Å². The first-order valence-electron chi connectivity index (χ1n) is 6.64. The number of amides is 1. The minimum atomic E-state index is -0.151. The van der Waals surface area contributed by atoms with Gasteiger partial charge in [0.1, 0.15) is 5.01 Å². The molecule has 0 aliphatic heterocycles. The van der Waals surface area contributed by atoms with E-state index >= 15 is 0 Å². The van der Waals surface area contributed by atoms with Crippen molar-refractivity contribution in [2.75, 3.05) is 5.32 Å². The van der Waals surface area contributed by atoms with Gasteiger partial charge in [-0.1, -0.05) is 49.8 Å². The summed E-state index contributed by atoms with van der Waals surface area (Å²) in [5.74, 6) is -0.151. The minimum Gasteiger partial charge on any atom is -0.296 e. The summed E-state index contributed by atoms with van der Waals surface area (Å²) in [6.45, 7) is 8.36. The van der Waals surface area contributed by atoms with Crippen molar-refractivity contribution in [2.45, 2.75) is 39.5 Å². The molecule has 0 spiro atoms. The lowest BCUT2D eigenvalue weighted by atomic mass is 9.91. The fraction of sp³-hybridized carbons (Fsp3) is 0.400. The van der Waals surface area contributed by atoms with Gasteiger partial charge in [0.2, 0.25) is 5.13 Å². The molecule has 0 bridgehead atoms. The maximum atomic E-state index is 12.1. The average molecular weight is 289 g/mol. The predicted octanol–water partition coefficient (Wildman–Crippen LogP) is 3.79. The van der Waals surface area contributed by atoms with Crippen molar-refractivity contribution in [1.29, 1.82) is 0 Å². The molecule has 20 heavy (non-hydrogen) atoms. The van der Waals surface area contributed by atoms with Gasteiger partial charge < -0.3 is 0 Å². The number of benzene rings is 1. The molecule has 4 nitrogen and oxygen atoms in total. The summed E-state index contributed by atoms with van der Waals surface area (Å²) in [5, 5.41) is 12.5. The Hall–Kier alpha value is -1.75. The Kier molecular flexibility index (Phi) is 4.18. The van der Waals surface area contributed by atoms with Crippen LogP contribution >= 0.6 is 11.3 Å². The molecular weight excluding hydrogens is 270 g/mol. The number of aromatic nitrogens is 2. The molecule has 1 aromatic carbocycles. The van der Waals surface area contributed by atoms with Gasteiger partial charge >= 0.3 is 0 Å². The number of aryl methyl sites for hydroxylation is 1. The zero-order valence-corrected chi connectivity index (χ0v) is 13.0. The first-order valence-corrected chi connectivity index (χ1v) is 7.46. The van der Waals surface area contributed by atoms with Crippen molar-refractivity contribution < 1.29 is 4.79 Å². The Morgan fingerprint density at radius 3 is 2.50 bits per heavy atom. The summed E-state index contributed by atoms with van der Waals surface area (Å²) in [4.78, 5) is 12.1. The van der Waals surface area contributed by atoms with Crippen LogP contribution in [0.2, 0.25) is 0 Å². The van der Waals surface area contributed by atoms with Crippen molar-refractivity contribution in [1.82, 2.24) is 10.2 Å². The van der Waals surface area contributed by atoms with Crippen LogP contribution < -0.4 is 5.32 Å². The number of anilines is 1. The van der Waals surface area contributed by atoms with Crippen LogP contribution in [0.5, 0.6) is 0 Å². The van der Waals surface area contributed by atoms with Crippen LogP contribution in [0.15, 0.2) is 24.3 Å². The van der Waals surface area contributed by atoms with Crippen LogP contribution in [0.4, 0.5) is 5.13 Å². The summed E-state index contributed by atoms with van der Waals surface area (Å²) in [6.07, 6.45) is 0.980. The highest BCUT2D eigenvalue weighted by Gasteiger charge is 2.23. The summed E-state index contributed by atoms with van der Waals surface area (Å²) >= 11 is 1.44. The Balaban J connectivity index is 2.11. The quantitative estimate of drug-likeness (QED) is 0.931. The summed E-state index contributed by atoms with van der Waals surface area (Å²) in [7, 11) is 0. The molecule has 1 aromatic heterocycles. The van der Waals surface area contributed by atoms with Crippen molar-refractivity contribution in [3.05, 3.63) is 40.4 Å². The Morgan fingerprint density at radius 1 is 1.25 bits per heavy atom. The highest BCUT2D eigenvalue weighted by Crippen LogP contribution is 2.31. The van der Waals surface area contributed by atoms with Crippen LogP contribution in [-0.4, -0.2) is 16.1 Å². The molecule has 0 saturated heterocycles. The molecule has 106 valence electrons. The standard InChI is InChI=1S/C15H19N3OS/c1-5-15(3,4)13-17-18-14(20-13)16-12(19)11-8-6-10(2)7-9-11/h6-9H,5H2,1-4H3,(H,16,18,19). The van der Waals surface area contributed by atoms with E-state index in [1.807, 2.05) is 31.2 Å². The molecule has 5 heteroatoms. The summed E-state index contributed by atoms with van der Waals surface area (Å²) in [5.41, 5.74) is 1.75. The van der Waals surface area contributed by atoms with Gasteiger partial charge in [-0.25, -0.2) is 0 Å². The van der Waals surface area contributed by atoms with Crippen LogP contribution in [-0.2, 0) is 5.41 Å². The van der Waals surface area contributed by atoms with E-state index in [4.69, 9.17) is 0 Å². The van der Waals surface area contributed by atoms with E-state index in [1.54, 1.807) is 0 Å². The number of rotatable bonds is 4. The second kappa shape index (κ2) is 5.71. The number of hydrogen-bond donors (Lipinski definition) is 1. The number of nitrogens with zero attached hydrogens (tertiary/aromatic N) is 2. The summed E-state index contributed by atoms with van der Waals surface area (Å²) in [6, 6.07) is 7.45. The van der Waals surface area contributed by atoms with Gasteiger partial charge in [-0.05, 0) is 25.5 Å². The summed E-state index contributed by atoms with van der Waals surface area (Å²) < 4.78 is 0. The SMILES string of the molecule is CCC(C)(C)c1nnc(NC(=O)c2ccc(C)cc2)s1. The van der Waals surface area contributed by atoms with E-state index in [2.05, 4.69) is 36.3 Å². The fourth-order valence-electron chi connectivity index (χ4n) is 1.57. The average Bonchev–Trinajstić information content (AvgIpc) is 2.88. The number of hydrogen-bond acceptors (Lipinski definition) is 4. The zero-order chi connectivity index (χ0) is 14.8. The van der Waals surface area contributed by atoms with Crippen molar-refractivity contribution in [3.8, 4) is 0 Å². The first-order chi connectivity index (χ1) is 9.42. The number of carbonyl (C=O) groups excluding carboxylic acids is 1. The van der Waals surface area contributed by atoms with Gasteiger partial charge in [-0.2, -0.15) is 0 Å². The van der Waals surface area contributed by atoms with Gasteiger partial charge in [0.05, 0.1) is 0 Å². The molecule has 0 saturated carbocycles. The lowest BCUT2D eigenvalue weighted by molar-refractivity contribution is 0.102. The van der Waals surface area contributed by atoms with E-state index in [-0.39, 0.29) is 11.3 Å². The van der Waals surface area contributed by atoms with E-state index < -0.39 is 0 Å². The van der Waals surface area contributed by atoms with Crippen molar-refractivity contribution in [3.63, 3.8) is 0 Å². The lowest BCUT2D eigenvalue weighted by Crippen LogP contribution is -2.14. The molecule has 1 amide bonds. The van der Waals surface area contributed by atoms with Gasteiger partial charge in [0, 0.05) is 11.0 Å². The maximum Gasteiger partial charge on any atom is 0.257 e. The largest absolute Gasteiger partial charge is 0.296 e. The highest BCUT2D eigenvalue weighted by molar-refractivity contribution is 7.15. The molecule has 1 heterocycles. The first kappa shape index (κ1) is 14.7. The number of nitrogens with one attached hydrogen (secondary N) is 1. The third-order valence-corrected chi connectivity index (χ3v) is 4.63. The molecule has 0 aliphatic rings. The van der Waals surface area contributed by atoms with Crippen molar-refractivity contribution in [2.24, 2.45) is 0 Å². The molecule has 2 rings (SSSR count). The number of carbonyl (C=O) groups is 1. The minimum absolute atomic E-state index is 0.00942. The Bertz CT molecular complexity index is 602. The normalized spacial score (nSPS) is 11.4. The predicted molar refractivity (Wildman–Crippen MR) is 82.4 cm³/mol. The molecule has 0 aliphatic carbocycles. The molecule has 0 atom stereocenters. The Morgan fingerprint density at radius 2 is 1.90 bits per heavy atom. The van der Waals surface area contributed by atoms with E-state index in [0.717, 1.165) is 17.0 Å². The zero-order valence-electron chi connectivity index (χ0n) is 12.2. The van der Waals surface area contributed by atoms with Gasteiger partial charge in [0.15, 0.2) is 0 Å². The molecule has 1 N–H and O–H groups in total. The molecular formula is C15H19N3OS. The smallest absolute Gasteiger partial charge is 0.257 e. The third kappa shape index (κ3) is 3.22. The fourth-order valence-corrected chi connectivity index (χ4v) is 2.48.